The molecule has 0 radical (unpaired) electrons. The smallest absolute Gasteiger partial charge is 0.341 e. The second kappa shape index (κ2) is 8.22. The van der Waals surface area contributed by atoms with Gasteiger partial charge < -0.3 is 19.3 Å². The third kappa shape index (κ3) is 3.78. The van der Waals surface area contributed by atoms with Crippen LogP contribution in [0.5, 0.6) is 5.75 Å². The van der Waals surface area contributed by atoms with Crippen molar-refractivity contribution in [3.05, 3.63) is 92.5 Å². The number of halogens is 1. The molecular formula is C24H19ClN4O4. The summed E-state index contributed by atoms with van der Waals surface area (Å²) < 4.78 is 6.87. The van der Waals surface area contributed by atoms with E-state index in [9.17, 15) is 14.7 Å². The predicted molar refractivity (Wildman–Crippen MR) is 124 cm³/mol. The van der Waals surface area contributed by atoms with Crippen molar-refractivity contribution in [2.45, 2.75) is 19.6 Å². The molecule has 8 nitrogen and oxygen atoms in total. The van der Waals surface area contributed by atoms with Crippen molar-refractivity contribution in [2.24, 2.45) is 0 Å². The molecule has 0 fully saturated rings. The molecule has 0 atom stereocenters. The molecule has 0 amide bonds. The number of benzene rings is 1. The number of pyridine rings is 3. The highest BCUT2D eigenvalue weighted by Gasteiger charge is 2.25. The number of carboxylic acids is 1. The standard InChI is InChI=1S/C24H19ClN4O4/c1-33-16-6-4-14(5-7-16)10-28-12-18(24(31)32)21(30)17-9-19(25)23(27-22(17)28)29-11-15-3-2-8-26-20(15)13-29/h2-9,12H,10-11,13H2,1H3,(H,31,32). The lowest BCUT2D eigenvalue weighted by atomic mass is 10.1. The summed E-state index contributed by atoms with van der Waals surface area (Å²) in [7, 11) is 1.59. The maximum absolute atomic E-state index is 12.9. The maximum Gasteiger partial charge on any atom is 0.341 e. The van der Waals surface area contributed by atoms with Gasteiger partial charge in [-0.1, -0.05) is 29.8 Å². The van der Waals surface area contributed by atoms with Crippen molar-refractivity contribution in [3.63, 3.8) is 0 Å². The van der Waals surface area contributed by atoms with E-state index in [1.54, 1.807) is 17.9 Å². The van der Waals surface area contributed by atoms with Crippen LogP contribution < -0.4 is 15.1 Å². The molecule has 4 heterocycles. The Morgan fingerprint density at radius 1 is 1.21 bits per heavy atom. The zero-order valence-electron chi connectivity index (χ0n) is 17.7. The van der Waals surface area contributed by atoms with E-state index in [-0.39, 0.29) is 16.0 Å². The Balaban J connectivity index is 1.64. The molecule has 3 aromatic heterocycles. The summed E-state index contributed by atoms with van der Waals surface area (Å²) in [6.45, 7) is 1.46. The van der Waals surface area contributed by atoms with Gasteiger partial charge in [-0.2, -0.15) is 0 Å². The molecule has 0 bridgehead atoms. The zero-order chi connectivity index (χ0) is 23.1. The Kier molecular flexibility index (Phi) is 5.22. The second-order valence-electron chi connectivity index (χ2n) is 7.78. The molecule has 0 saturated heterocycles. The van der Waals surface area contributed by atoms with Gasteiger partial charge in [-0.25, -0.2) is 9.78 Å². The molecule has 1 aliphatic rings. The number of hydrogen-bond acceptors (Lipinski definition) is 6. The van der Waals surface area contributed by atoms with Gasteiger partial charge in [-0.15, -0.1) is 0 Å². The van der Waals surface area contributed by atoms with Gasteiger partial charge in [0.1, 0.15) is 17.0 Å². The fraction of sp³-hybridized carbons (Fsp3) is 0.167. The van der Waals surface area contributed by atoms with Crippen LogP contribution in [0.25, 0.3) is 11.0 Å². The normalized spacial score (nSPS) is 12.7. The minimum atomic E-state index is -1.30. The number of anilines is 1. The van der Waals surface area contributed by atoms with Gasteiger partial charge in [0.05, 0.1) is 29.8 Å². The Hall–Kier alpha value is -3.91. The summed E-state index contributed by atoms with van der Waals surface area (Å²) in [6, 6.07) is 12.8. The number of aromatic nitrogens is 3. The van der Waals surface area contributed by atoms with Gasteiger partial charge in [0, 0.05) is 25.5 Å². The number of carboxylic acid groups (broad SMARTS) is 1. The molecule has 1 aliphatic heterocycles. The van der Waals surface area contributed by atoms with Gasteiger partial charge in [0.25, 0.3) is 0 Å². The van der Waals surface area contributed by atoms with E-state index in [4.69, 9.17) is 21.3 Å². The van der Waals surface area contributed by atoms with E-state index in [2.05, 4.69) is 4.98 Å². The van der Waals surface area contributed by atoms with Crippen LogP contribution in [0.3, 0.4) is 0 Å². The summed E-state index contributed by atoms with van der Waals surface area (Å²) in [5, 5.41) is 10.0. The van der Waals surface area contributed by atoms with E-state index in [1.807, 2.05) is 41.3 Å². The lowest BCUT2D eigenvalue weighted by molar-refractivity contribution is 0.0695. The van der Waals surface area contributed by atoms with Crippen molar-refractivity contribution >= 4 is 34.4 Å². The number of nitrogens with zero attached hydrogens (tertiary/aromatic N) is 4. The first-order valence-electron chi connectivity index (χ1n) is 10.2. The van der Waals surface area contributed by atoms with Crippen LogP contribution in [-0.4, -0.2) is 32.7 Å². The molecule has 1 aromatic carbocycles. The molecule has 5 rings (SSSR count). The van der Waals surface area contributed by atoms with E-state index in [1.165, 1.54) is 12.3 Å². The lowest BCUT2D eigenvalue weighted by Gasteiger charge is -2.20. The average molecular weight is 463 g/mol. The molecule has 0 aliphatic carbocycles. The van der Waals surface area contributed by atoms with Crippen LogP contribution in [0.1, 0.15) is 27.2 Å². The predicted octanol–water partition coefficient (Wildman–Crippen LogP) is 3.72. The topological polar surface area (TPSA) is 97.5 Å². The summed E-state index contributed by atoms with van der Waals surface area (Å²) in [4.78, 5) is 35.8. The Morgan fingerprint density at radius 2 is 2.00 bits per heavy atom. The number of rotatable bonds is 5. The highest BCUT2D eigenvalue weighted by atomic mass is 35.5. The number of hydrogen-bond donors (Lipinski definition) is 1. The molecule has 166 valence electrons. The number of ether oxygens (including phenoxy) is 1. The van der Waals surface area contributed by atoms with Gasteiger partial charge in [0.2, 0.25) is 5.43 Å². The van der Waals surface area contributed by atoms with E-state index >= 15 is 0 Å². The first kappa shape index (κ1) is 21.0. The monoisotopic (exact) mass is 462 g/mol. The fourth-order valence-corrected chi connectivity index (χ4v) is 4.32. The minimum absolute atomic E-state index is 0.159. The summed E-state index contributed by atoms with van der Waals surface area (Å²) >= 11 is 6.54. The van der Waals surface area contributed by atoms with Crippen LogP contribution in [0.4, 0.5) is 5.82 Å². The van der Waals surface area contributed by atoms with Gasteiger partial charge in [-0.3, -0.25) is 9.78 Å². The van der Waals surface area contributed by atoms with Crippen LogP contribution >= 0.6 is 11.6 Å². The highest BCUT2D eigenvalue weighted by Crippen LogP contribution is 2.32. The van der Waals surface area contributed by atoms with Crippen molar-refractivity contribution in [1.29, 1.82) is 0 Å². The third-order valence-corrected chi connectivity index (χ3v) is 5.99. The summed E-state index contributed by atoms with van der Waals surface area (Å²) in [5.74, 6) is -0.0658. The van der Waals surface area contributed by atoms with Crippen LogP contribution in [-0.2, 0) is 19.6 Å². The number of carbonyl (C=O) groups is 1. The SMILES string of the molecule is COc1ccc(Cn2cc(C(=O)O)c(=O)c3cc(Cl)c(N4Cc5cccnc5C4)nc32)cc1. The Bertz CT molecular complexity index is 1420. The molecule has 4 aromatic rings. The molecule has 0 saturated carbocycles. The lowest BCUT2D eigenvalue weighted by Crippen LogP contribution is -2.22. The first-order chi connectivity index (χ1) is 15.9. The minimum Gasteiger partial charge on any atom is -0.497 e. The van der Waals surface area contributed by atoms with Gasteiger partial charge >= 0.3 is 5.97 Å². The van der Waals surface area contributed by atoms with E-state index in [0.29, 0.717) is 36.8 Å². The van der Waals surface area contributed by atoms with E-state index in [0.717, 1.165) is 16.8 Å². The largest absolute Gasteiger partial charge is 0.497 e. The molecule has 33 heavy (non-hydrogen) atoms. The molecular weight excluding hydrogens is 444 g/mol. The first-order valence-corrected chi connectivity index (χ1v) is 10.6. The van der Waals surface area contributed by atoms with Crippen LogP contribution in [0, 0.1) is 0 Å². The van der Waals surface area contributed by atoms with Crippen LogP contribution in [0.15, 0.2) is 59.7 Å². The molecule has 0 unspecified atom stereocenters. The summed E-state index contributed by atoms with van der Waals surface area (Å²) in [5.41, 5.74) is 2.35. The van der Waals surface area contributed by atoms with Crippen LogP contribution in [0.2, 0.25) is 5.02 Å². The number of methoxy groups -OCH3 is 1. The van der Waals surface area contributed by atoms with E-state index < -0.39 is 11.4 Å². The Labute approximate surface area is 193 Å². The fourth-order valence-electron chi connectivity index (χ4n) is 4.05. The number of aromatic carboxylic acids is 1. The molecule has 9 heteroatoms. The van der Waals surface area contributed by atoms with Gasteiger partial charge in [0.15, 0.2) is 5.82 Å². The quantitative estimate of drug-likeness (QED) is 0.482. The average Bonchev–Trinajstić information content (AvgIpc) is 3.25. The highest BCUT2D eigenvalue weighted by molar-refractivity contribution is 6.33. The number of fused-ring (bicyclic) bond motifs is 2. The molecule has 0 spiro atoms. The van der Waals surface area contributed by atoms with Gasteiger partial charge in [-0.05, 0) is 35.4 Å². The van der Waals surface area contributed by atoms with Crippen molar-refractivity contribution in [1.82, 2.24) is 14.5 Å². The van der Waals surface area contributed by atoms with Crippen molar-refractivity contribution < 1.29 is 14.6 Å². The molecule has 1 N–H and O–H groups in total. The zero-order valence-corrected chi connectivity index (χ0v) is 18.4. The Morgan fingerprint density at radius 3 is 2.70 bits per heavy atom. The van der Waals surface area contributed by atoms with Crippen molar-refractivity contribution in [3.8, 4) is 5.75 Å². The third-order valence-electron chi connectivity index (χ3n) is 5.71. The summed E-state index contributed by atoms with van der Waals surface area (Å²) in [6.07, 6.45) is 3.08. The maximum atomic E-state index is 12.9. The van der Waals surface area contributed by atoms with Crippen molar-refractivity contribution in [2.75, 3.05) is 12.0 Å². The second-order valence-corrected chi connectivity index (χ2v) is 8.19.